The van der Waals surface area contributed by atoms with Gasteiger partial charge in [-0.1, -0.05) is 0 Å². The summed E-state index contributed by atoms with van der Waals surface area (Å²) in [6, 6.07) is -1.32. The van der Waals surface area contributed by atoms with Crippen LogP contribution in [0.3, 0.4) is 0 Å². The van der Waals surface area contributed by atoms with Gasteiger partial charge in [0, 0.05) is 0 Å². The Morgan fingerprint density at radius 3 is 2.24 bits per heavy atom. The molecule has 1 atom stereocenters. The highest BCUT2D eigenvalue weighted by molar-refractivity contribution is 5.87. The van der Waals surface area contributed by atoms with Gasteiger partial charge in [-0.15, -0.1) is 0 Å². The predicted octanol–water partition coefficient (Wildman–Crippen LogP) is -0.754. The highest BCUT2D eigenvalue weighted by atomic mass is 16.6. The number of carbonyl (C=O) groups is 3. The van der Waals surface area contributed by atoms with E-state index < -0.39 is 35.9 Å². The maximum atomic E-state index is 11.4. The van der Waals surface area contributed by atoms with E-state index in [1.807, 2.05) is 0 Å². The molecule has 0 aromatic carbocycles. The lowest BCUT2D eigenvalue weighted by Crippen LogP contribution is -2.45. The van der Waals surface area contributed by atoms with Gasteiger partial charge in [-0.05, 0) is 20.8 Å². The Bertz CT molecular complexity index is 308. The Labute approximate surface area is 99.3 Å². The number of hydrogen-bond acceptors (Lipinski definition) is 5. The lowest BCUT2D eigenvalue weighted by molar-refractivity contribution is -0.158. The van der Waals surface area contributed by atoms with E-state index >= 15 is 0 Å². The number of carboxylic acids is 1. The number of nitrogens with two attached hydrogens (primary N) is 1. The van der Waals surface area contributed by atoms with Crippen molar-refractivity contribution in [2.45, 2.75) is 38.8 Å². The van der Waals surface area contributed by atoms with Gasteiger partial charge in [0.25, 0.3) is 0 Å². The molecular weight excluding hydrogens is 228 g/mol. The third kappa shape index (κ3) is 7.29. The maximum absolute atomic E-state index is 11.4. The highest BCUT2D eigenvalue weighted by Gasteiger charge is 2.26. The molecule has 0 unspecified atom stereocenters. The predicted molar refractivity (Wildman–Crippen MR) is 59.1 cm³/mol. The minimum atomic E-state index is -1.32. The maximum Gasteiger partial charge on any atom is 0.326 e. The van der Waals surface area contributed by atoms with Gasteiger partial charge in [-0.3, -0.25) is 9.59 Å². The molecule has 0 rings (SSSR count). The fourth-order valence-electron chi connectivity index (χ4n) is 1.00. The monoisotopic (exact) mass is 246 g/mol. The van der Waals surface area contributed by atoms with Gasteiger partial charge in [-0.2, -0.15) is 0 Å². The van der Waals surface area contributed by atoms with Crippen LogP contribution in [-0.4, -0.2) is 41.1 Å². The second-order valence-electron chi connectivity index (χ2n) is 4.45. The first kappa shape index (κ1) is 15.4. The first-order valence-electron chi connectivity index (χ1n) is 5.10. The number of hydrogen-bond donors (Lipinski definition) is 3. The minimum Gasteiger partial charge on any atom is -0.480 e. The molecule has 1 amide bonds. The first-order chi connectivity index (χ1) is 7.65. The zero-order valence-electron chi connectivity index (χ0n) is 10.1. The smallest absolute Gasteiger partial charge is 0.326 e. The standard InChI is InChI=1S/C10H18N2O5/c1-10(2,3)17-8(14)4-6(9(15)16)12-7(13)5-11/h6H,4-5,11H2,1-3H3,(H,12,13)(H,15,16)/t6-/m0/s1. The van der Waals surface area contributed by atoms with E-state index in [0.717, 1.165) is 0 Å². The molecule has 0 aliphatic rings. The van der Waals surface area contributed by atoms with E-state index in [1.165, 1.54) is 0 Å². The van der Waals surface area contributed by atoms with Crippen LogP contribution in [-0.2, 0) is 19.1 Å². The van der Waals surface area contributed by atoms with Gasteiger partial charge < -0.3 is 20.9 Å². The number of nitrogens with one attached hydrogen (secondary N) is 1. The zero-order chi connectivity index (χ0) is 13.6. The highest BCUT2D eigenvalue weighted by Crippen LogP contribution is 2.09. The quantitative estimate of drug-likeness (QED) is 0.549. The van der Waals surface area contributed by atoms with Gasteiger partial charge in [0.05, 0.1) is 13.0 Å². The molecule has 0 heterocycles. The van der Waals surface area contributed by atoms with Crippen molar-refractivity contribution >= 4 is 17.8 Å². The van der Waals surface area contributed by atoms with Crippen molar-refractivity contribution in [2.24, 2.45) is 5.73 Å². The minimum absolute atomic E-state index is 0.335. The van der Waals surface area contributed by atoms with Crippen LogP contribution in [0.25, 0.3) is 0 Å². The van der Waals surface area contributed by atoms with Crippen LogP contribution in [0.5, 0.6) is 0 Å². The lowest BCUT2D eigenvalue weighted by Gasteiger charge is -2.21. The first-order valence-corrected chi connectivity index (χ1v) is 5.10. The summed E-state index contributed by atoms with van der Waals surface area (Å²) in [5.41, 5.74) is 4.34. The summed E-state index contributed by atoms with van der Waals surface area (Å²) < 4.78 is 4.95. The number of rotatable bonds is 5. The molecule has 0 saturated heterocycles. The topological polar surface area (TPSA) is 119 Å². The molecule has 0 radical (unpaired) electrons. The van der Waals surface area contributed by atoms with Crippen LogP contribution in [0.1, 0.15) is 27.2 Å². The molecular formula is C10H18N2O5. The number of esters is 1. The van der Waals surface area contributed by atoms with Gasteiger partial charge in [0.15, 0.2) is 0 Å². The van der Waals surface area contributed by atoms with Gasteiger partial charge in [0.1, 0.15) is 11.6 Å². The largest absolute Gasteiger partial charge is 0.480 e. The summed E-state index contributed by atoms with van der Waals surface area (Å²) in [5.74, 6) is -2.64. The second-order valence-corrected chi connectivity index (χ2v) is 4.45. The van der Waals surface area contributed by atoms with Crippen LogP contribution < -0.4 is 11.1 Å². The number of carboxylic acid groups (broad SMARTS) is 1. The van der Waals surface area contributed by atoms with Crippen molar-refractivity contribution in [1.82, 2.24) is 5.32 Å². The van der Waals surface area contributed by atoms with Crippen LogP contribution >= 0.6 is 0 Å². The zero-order valence-corrected chi connectivity index (χ0v) is 10.1. The second kappa shape index (κ2) is 6.19. The summed E-state index contributed by atoms with van der Waals surface area (Å²) in [4.78, 5) is 33.1. The van der Waals surface area contributed by atoms with E-state index in [2.05, 4.69) is 5.32 Å². The van der Waals surface area contributed by atoms with Crippen molar-refractivity contribution in [3.05, 3.63) is 0 Å². The fraction of sp³-hybridized carbons (Fsp3) is 0.700. The Kier molecular flexibility index (Phi) is 5.60. The summed E-state index contributed by atoms with van der Waals surface area (Å²) in [7, 11) is 0. The third-order valence-electron chi connectivity index (χ3n) is 1.61. The molecule has 98 valence electrons. The molecule has 0 aliphatic carbocycles. The van der Waals surface area contributed by atoms with Crippen LogP contribution in [0.2, 0.25) is 0 Å². The number of carbonyl (C=O) groups excluding carboxylic acids is 2. The molecule has 0 aromatic rings. The summed E-state index contributed by atoms with van der Waals surface area (Å²) in [6.45, 7) is 4.66. The van der Waals surface area contributed by atoms with Crippen LogP contribution in [0, 0.1) is 0 Å². The van der Waals surface area contributed by atoms with Crippen molar-refractivity contribution in [3.63, 3.8) is 0 Å². The molecule has 4 N–H and O–H groups in total. The number of ether oxygens (including phenoxy) is 1. The van der Waals surface area contributed by atoms with Crippen LogP contribution in [0.15, 0.2) is 0 Å². The van der Waals surface area contributed by atoms with Gasteiger partial charge in [0.2, 0.25) is 5.91 Å². The SMILES string of the molecule is CC(C)(C)OC(=O)C[C@H](NC(=O)CN)C(=O)O. The van der Waals surface area contributed by atoms with E-state index in [1.54, 1.807) is 20.8 Å². The Morgan fingerprint density at radius 2 is 1.88 bits per heavy atom. The van der Waals surface area contributed by atoms with E-state index in [4.69, 9.17) is 15.6 Å². The molecule has 7 nitrogen and oxygen atoms in total. The molecule has 0 saturated carbocycles. The van der Waals surface area contributed by atoms with Crippen LogP contribution in [0.4, 0.5) is 0 Å². The Morgan fingerprint density at radius 1 is 1.35 bits per heavy atom. The average molecular weight is 246 g/mol. The normalized spacial score (nSPS) is 12.7. The summed E-state index contributed by atoms with van der Waals surface area (Å²) in [6.07, 6.45) is -0.432. The fourth-order valence-corrected chi connectivity index (χ4v) is 1.00. The van der Waals surface area contributed by atoms with Gasteiger partial charge >= 0.3 is 11.9 Å². The lowest BCUT2D eigenvalue weighted by atomic mass is 10.1. The van der Waals surface area contributed by atoms with Crippen molar-refractivity contribution in [3.8, 4) is 0 Å². The third-order valence-corrected chi connectivity index (χ3v) is 1.61. The molecule has 0 aliphatic heterocycles. The molecule has 17 heavy (non-hydrogen) atoms. The molecule has 0 aromatic heterocycles. The van der Waals surface area contributed by atoms with Crippen molar-refractivity contribution < 1.29 is 24.2 Å². The van der Waals surface area contributed by atoms with Crippen molar-refractivity contribution in [2.75, 3.05) is 6.54 Å². The summed E-state index contributed by atoms with van der Waals surface area (Å²) in [5, 5.41) is 10.9. The number of amides is 1. The molecule has 7 heteroatoms. The molecule has 0 bridgehead atoms. The molecule has 0 fully saturated rings. The Hall–Kier alpha value is -1.63. The van der Waals surface area contributed by atoms with Crippen molar-refractivity contribution in [1.29, 1.82) is 0 Å². The summed E-state index contributed by atoms with van der Waals surface area (Å²) >= 11 is 0. The molecule has 0 spiro atoms. The van der Waals surface area contributed by atoms with Gasteiger partial charge in [-0.25, -0.2) is 4.79 Å². The Balaban J connectivity index is 4.41. The average Bonchev–Trinajstić information content (AvgIpc) is 2.13. The van der Waals surface area contributed by atoms with E-state index in [-0.39, 0.29) is 6.54 Å². The number of aliphatic carboxylic acids is 1. The van der Waals surface area contributed by atoms with E-state index in [9.17, 15) is 14.4 Å². The van der Waals surface area contributed by atoms with E-state index in [0.29, 0.717) is 0 Å².